The standard InChI is InChI=1S/C31H33N2O3/c1-18-14-20(3)25(21(4)15-18)32-28(27(34)24-12-10-9-11-13-24)33(30(36)31(7,8)29(32)35)26-22(5)16-19(2)17-23(26)6/h9-17H,1-8H3. The number of carbonyl (C=O) groups is 2. The summed E-state index contributed by atoms with van der Waals surface area (Å²) in [5.41, 5.74) is 5.88. The Bertz CT molecular complexity index is 1290. The van der Waals surface area contributed by atoms with Gasteiger partial charge in [-0.05, 0) is 77.6 Å². The van der Waals surface area contributed by atoms with Gasteiger partial charge in [0.05, 0.1) is 11.4 Å². The zero-order valence-electron chi connectivity index (χ0n) is 22.3. The number of benzene rings is 3. The Morgan fingerprint density at radius 1 is 0.639 bits per heavy atom. The molecule has 0 aromatic heterocycles. The fourth-order valence-electron chi connectivity index (χ4n) is 5.33. The predicted octanol–water partition coefficient (Wildman–Crippen LogP) is 6.70. The maximum Gasteiger partial charge on any atom is 0.247 e. The number of carbonyl (C=O) groups excluding carboxylic acids is 2. The average molecular weight is 482 g/mol. The molecule has 1 aliphatic heterocycles. The molecule has 0 atom stereocenters. The van der Waals surface area contributed by atoms with Crippen molar-refractivity contribution in [3.8, 4) is 0 Å². The van der Waals surface area contributed by atoms with E-state index in [0.29, 0.717) is 16.9 Å². The Labute approximate surface area is 213 Å². The number of hydrogen-bond acceptors (Lipinski definition) is 2. The van der Waals surface area contributed by atoms with Crippen molar-refractivity contribution in [1.82, 2.24) is 0 Å². The highest BCUT2D eigenvalue weighted by Gasteiger charge is 2.53. The molecule has 1 radical (unpaired) electrons. The molecule has 1 saturated heterocycles. The number of nitrogens with zero attached hydrogens (tertiary/aromatic N) is 2. The van der Waals surface area contributed by atoms with Crippen molar-refractivity contribution in [3.63, 3.8) is 0 Å². The molecule has 5 nitrogen and oxygen atoms in total. The first-order valence-corrected chi connectivity index (χ1v) is 12.2. The van der Waals surface area contributed by atoms with Crippen LogP contribution in [0.3, 0.4) is 0 Å². The Kier molecular flexibility index (Phi) is 6.29. The lowest BCUT2D eigenvalue weighted by molar-refractivity contribution is -0.139. The van der Waals surface area contributed by atoms with Crippen molar-refractivity contribution in [2.45, 2.75) is 55.4 Å². The van der Waals surface area contributed by atoms with Gasteiger partial charge in [-0.15, -0.1) is 0 Å². The summed E-state index contributed by atoms with van der Waals surface area (Å²) in [6.45, 7) is 15.0. The molecule has 185 valence electrons. The second-order valence-electron chi connectivity index (χ2n) is 10.4. The fourth-order valence-corrected chi connectivity index (χ4v) is 5.33. The first kappa shape index (κ1) is 25.2. The zero-order chi connectivity index (χ0) is 26.5. The quantitative estimate of drug-likeness (QED) is 0.309. The summed E-state index contributed by atoms with van der Waals surface area (Å²) in [4.78, 5) is 31.2. The Morgan fingerprint density at radius 3 is 1.36 bits per heavy atom. The van der Waals surface area contributed by atoms with Crippen LogP contribution < -0.4 is 9.80 Å². The van der Waals surface area contributed by atoms with Crippen LogP contribution in [0.15, 0.2) is 60.4 Å². The summed E-state index contributed by atoms with van der Waals surface area (Å²) in [5.74, 6) is -1.17. The maximum atomic E-state index is 14.2. The van der Waals surface area contributed by atoms with Gasteiger partial charge in [-0.3, -0.25) is 24.5 Å². The molecule has 4 rings (SSSR count). The third-order valence-corrected chi connectivity index (χ3v) is 6.86. The Hall–Kier alpha value is -3.86. The molecule has 2 amide bonds. The highest BCUT2D eigenvalue weighted by molar-refractivity contribution is 6.24. The lowest BCUT2D eigenvalue weighted by Crippen LogP contribution is -2.60. The second-order valence-corrected chi connectivity index (χ2v) is 10.4. The van der Waals surface area contributed by atoms with Gasteiger partial charge in [0, 0.05) is 5.56 Å². The summed E-state index contributed by atoms with van der Waals surface area (Å²) in [7, 11) is 0. The lowest BCUT2D eigenvalue weighted by atomic mass is 9.85. The molecular weight excluding hydrogens is 448 g/mol. The molecular formula is C31H33N2O3. The van der Waals surface area contributed by atoms with Crippen LogP contribution in [-0.2, 0) is 14.7 Å². The molecule has 0 N–H and O–H groups in total. The highest BCUT2D eigenvalue weighted by atomic mass is 16.3. The molecule has 5 heteroatoms. The van der Waals surface area contributed by atoms with Crippen LogP contribution in [0.1, 0.15) is 52.8 Å². The van der Waals surface area contributed by atoms with Gasteiger partial charge in [-0.2, -0.15) is 0 Å². The van der Waals surface area contributed by atoms with Crippen LogP contribution in [0.25, 0.3) is 5.76 Å². The van der Waals surface area contributed by atoms with Crippen LogP contribution in [0, 0.1) is 47.0 Å². The lowest BCUT2D eigenvalue weighted by Gasteiger charge is -2.46. The monoisotopic (exact) mass is 481 g/mol. The van der Waals surface area contributed by atoms with E-state index in [-0.39, 0.29) is 11.6 Å². The van der Waals surface area contributed by atoms with Gasteiger partial charge in [-0.1, -0.05) is 65.7 Å². The summed E-state index contributed by atoms with van der Waals surface area (Å²) in [5, 5.41) is 14.2. The topological polar surface area (TPSA) is 60.5 Å². The third-order valence-electron chi connectivity index (χ3n) is 6.86. The van der Waals surface area contributed by atoms with Gasteiger partial charge in [0.1, 0.15) is 5.41 Å². The van der Waals surface area contributed by atoms with E-state index < -0.39 is 17.2 Å². The van der Waals surface area contributed by atoms with E-state index in [9.17, 15) is 14.7 Å². The van der Waals surface area contributed by atoms with Crippen LogP contribution in [0.4, 0.5) is 11.4 Å². The minimum absolute atomic E-state index is 0.0423. The molecule has 36 heavy (non-hydrogen) atoms. The van der Waals surface area contributed by atoms with Gasteiger partial charge in [0.15, 0.2) is 5.82 Å². The molecule has 3 aromatic carbocycles. The van der Waals surface area contributed by atoms with Gasteiger partial charge < -0.3 is 0 Å². The van der Waals surface area contributed by atoms with Gasteiger partial charge in [-0.25, -0.2) is 0 Å². The van der Waals surface area contributed by atoms with Gasteiger partial charge in [0.25, 0.3) is 0 Å². The Balaban J connectivity index is 2.16. The van der Waals surface area contributed by atoms with E-state index in [4.69, 9.17) is 0 Å². The molecule has 1 fully saturated rings. The van der Waals surface area contributed by atoms with Crippen LogP contribution in [0.5, 0.6) is 0 Å². The number of rotatable bonds is 3. The van der Waals surface area contributed by atoms with E-state index >= 15 is 0 Å². The number of aryl methyl sites for hydroxylation is 6. The van der Waals surface area contributed by atoms with Crippen molar-refractivity contribution in [1.29, 1.82) is 0 Å². The van der Waals surface area contributed by atoms with Gasteiger partial charge in [0.2, 0.25) is 17.6 Å². The molecule has 0 spiro atoms. The van der Waals surface area contributed by atoms with E-state index in [1.807, 2.05) is 71.9 Å². The summed E-state index contributed by atoms with van der Waals surface area (Å²) < 4.78 is 0. The molecule has 0 saturated carbocycles. The van der Waals surface area contributed by atoms with E-state index in [1.54, 1.807) is 38.1 Å². The predicted molar refractivity (Wildman–Crippen MR) is 144 cm³/mol. The first-order chi connectivity index (χ1) is 16.9. The molecule has 0 aliphatic carbocycles. The van der Waals surface area contributed by atoms with Crippen molar-refractivity contribution >= 4 is 28.9 Å². The van der Waals surface area contributed by atoms with Crippen molar-refractivity contribution < 1.29 is 14.7 Å². The van der Waals surface area contributed by atoms with E-state index in [1.165, 1.54) is 9.80 Å². The molecule has 0 unspecified atom stereocenters. The number of hydrogen-bond donors (Lipinski definition) is 0. The summed E-state index contributed by atoms with van der Waals surface area (Å²) >= 11 is 0. The number of anilines is 2. The van der Waals surface area contributed by atoms with Crippen molar-refractivity contribution in [2.75, 3.05) is 9.80 Å². The highest BCUT2D eigenvalue weighted by Crippen LogP contribution is 2.45. The summed E-state index contributed by atoms with van der Waals surface area (Å²) in [6.07, 6.45) is 0. The third kappa shape index (κ3) is 3.98. The van der Waals surface area contributed by atoms with Gasteiger partial charge >= 0.3 is 0 Å². The Morgan fingerprint density at radius 2 is 1.00 bits per heavy atom. The maximum absolute atomic E-state index is 14.2. The summed E-state index contributed by atoms with van der Waals surface area (Å²) in [6, 6.07) is 16.8. The molecule has 0 bridgehead atoms. The van der Waals surface area contributed by atoms with E-state index in [2.05, 4.69) is 0 Å². The zero-order valence-corrected chi connectivity index (χ0v) is 22.3. The fraction of sp³-hybridized carbons (Fsp3) is 0.290. The van der Waals surface area contributed by atoms with Crippen molar-refractivity contribution in [3.05, 3.63) is 99.4 Å². The molecule has 1 heterocycles. The normalized spacial score (nSPS) is 15.5. The van der Waals surface area contributed by atoms with Crippen LogP contribution in [-0.4, -0.2) is 11.8 Å². The van der Waals surface area contributed by atoms with Crippen LogP contribution in [0.2, 0.25) is 0 Å². The number of amides is 2. The van der Waals surface area contributed by atoms with Crippen LogP contribution >= 0.6 is 0 Å². The first-order valence-electron chi connectivity index (χ1n) is 12.2. The minimum Gasteiger partial charge on any atom is -0.285 e. The SMILES string of the molecule is Cc1cc(C)c(N2C(=O)C(C)(C)C(=O)N(c3c(C)cc(C)cc3C)C2=C([O])c2ccccc2)c(C)c1. The van der Waals surface area contributed by atoms with Crippen molar-refractivity contribution in [2.24, 2.45) is 5.41 Å². The minimum atomic E-state index is -1.38. The largest absolute Gasteiger partial charge is 0.285 e. The molecule has 1 aliphatic rings. The second kappa shape index (κ2) is 8.98. The average Bonchev–Trinajstić information content (AvgIpc) is 2.79. The smallest absolute Gasteiger partial charge is 0.247 e. The van der Waals surface area contributed by atoms with E-state index in [0.717, 1.165) is 33.4 Å². The molecule has 3 aromatic rings.